The molecule has 0 radical (unpaired) electrons. The third kappa shape index (κ3) is 3.69. The monoisotopic (exact) mass is 397 g/mol. The van der Waals surface area contributed by atoms with Crippen LogP contribution in [0.3, 0.4) is 0 Å². The molecule has 2 atom stereocenters. The minimum Gasteiger partial charge on any atom is -0.346 e. The second kappa shape index (κ2) is 6.78. The molecule has 0 spiro atoms. The molecule has 24 heavy (non-hydrogen) atoms. The van der Waals surface area contributed by atoms with Gasteiger partial charge in [-0.15, -0.1) is 0 Å². The lowest BCUT2D eigenvalue weighted by Gasteiger charge is -2.33. The maximum absolute atomic E-state index is 13.7. The van der Waals surface area contributed by atoms with Crippen molar-refractivity contribution in [2.45, 2.75) is 41.5 Å². The highest BCUT2D eigenvalue weighted by Crippen LogP contribution is 2.42. The van der Waals surface area contributed by atoms with Gasteiger partial charge in [-0.1, -0.05) is 35.3 Å². The second-order valence-electron chi connectivity index (χ2n) is 6.06. The first-order chi connectivity index (χ1) is 11.0. The van der Waals surface area contributed by atoms with Gasteiger partial charge in [0.15, 0.2) is 14.7 Å². The van der Waals surface area contributed by atoms with Crippen LogP contribution in [0.1, 0.15) is 25.5 Å². The van der Waals surface area contributed by atoms with Gasteiger partial charge in [-0.25, -0.2) is 12.8 Å². The van der Waals surface area contributed by atoms with Gasteiger partial charge in [0.25, 0.3) is 5.91 Å². The van der Waals surface area contributed by atoms with Crippen LogP contribution in [0.4, 0.5) is 4.39 Å². The summed E-state index contributed by atoms with van der Waals surface area (Å²) in [7, 11) is -3.33. The summed E-state index contributed by atoms with van der Waals surface area (Å²) < 4.78 is 42.6. The fourth-order valence-corrected chi connectivity index (χ4v) is 3.70. The van der Waals surface area contributed by atoms with E-state index in [4.69, 9.17) is 27.9 Å². The number of nitrogens with zero attached hydrogens (tertiary/aromatic N) is 1. The van der Waals surface area contributed by atoms with Crippen LogP contribution in [-0.4, -0.2) is 48.8 Å². The summed E-state index contributed by atoms with van der Waals surface area (Å²) in [6.45, 7) is 2.39. The lowest BCUT2D eigenvalue weighted by molar-refractivity contribution is -0.145. The van der Waals surface area contributed by atoms with Gasteiger partial charge in [-0.2, -0.15) is 0 Å². The molecular formula is C15H18Cl2FNO4S. The van der Waals surface area contributed by atoms with Gasteiger partial charge >= 0.3 is 0 Å². The number of alkyl halides is 3. The maximum Gasteiger partial charge on any atom is 0.258 e. The van der Waals surface area contributed by atoms with Crippen LogP contribution in [0.15, 0.2) is 29.2 Å². The fourth-order valence-electron chi connectivity index (χ4n) is 2.86. The normalized spacial score (nSPS) is 23.7. The molecule has 0 aliphatic carbocycles. The van der Waals surface area contributed by atoms with E-state index in [1.165, 1.54) is 17.0 Å². The largest absolute Gasteiger partial charge is 0.346 e. The quantitative estimate of drug-likeness (QED) is 0.732. The number of halogens is 3. The zero-order valence-electron chi connectivity index (χ0n) is 13.4. The van der Waals surface area contributed by atoms with Gasteiger partial charge in [0, 0.05) is 6.26 Å². The van der Waals surface area contributed by atoms with Gasteiger partial charge in [0.05, 0.1) is 10.9 Å². The number of rotatable bonds is 4. The Morgan fingerprint density at radius 1 is 1.33 bits per heavy atom. The maximum atomic E-state index is 13.7. The first kappa shape index (κ1) is 19.4. The highest BCUT2D eigenvalue weighted by atomic mass is 35.5. The Bertz CT molecular complexity index is 721. The van der Waals surface area contributed by atoms with Crippen molar-refractivity contribution in [2.24, 2.45) is 0 Å². The lowest BCUT2D eigenvalue weighted by Crippen LogP contribution is -2.50. The molecule has 1 amide bonds. The second-order valence-corrected chi connectivity index (χ2v) is 9.17. The molecular weight excluding hydrogens is 380 g/mol. The Balaban J connectivity index is 2.39. The summed E-state index contributed by atoms with van der Waals surface area (Å²) >= 11 is 11.3. The summed E-state index contributed by atoms with van der Waals surface area (Å²) in [4.78, 5) is 12.3. The zero-order valence-corrected chi connectivity index (χ0v) is 15.7. The average Bonchev–Trinajstić information content (AvgIpc) is 2.76. The number of amides is 1. The van der Waals surface area contributed by atoms with E-state index >= 15 is 0 Å². The van der Waals surface area contributed by atoms with Crippen LogP contribution in [0, 0.1) is 0 Å². The van der Waals surface area contributed by atoms with Crippen LogP contribution in [0.2, 0.25) is 0 Å². The lowest BCUT2D eigenvalue weighted by atomic mass is 10.0. The van der Waals surface area contributed by atoms with Crippen molar-refractivity contribution in [3.8, 4) is 0 Å². The van der Waals surface area contributed by atoms with Gasteiger partial charge in [0.1, 0.15) is 18.5 Å². The van der Waals surface area contributed by atoms with Crippen molar-refractivity contribution in [3.05, 3.63) is 29.8 Å². The van der Waals surface area contributed by atoms with E-state index < -0.39 is 45.1 Å². The smallest absolute Gasteiger partial charge is 0.258 e. The van der Waals surface area contributed by atoms with E-state index in [1.807, 2.05) is 0 Å². The van der Waals surface area contributed by atoms with Crippen LogP contribution in [0.5, 0.6) is 0 Å². The Hall–Kier alpha value is -0.890. The average molecular weight is 398 g/mol. The van der Waals surface area contributed by atoms with Gasteiger partial charge < -0.3 is 9.64 Å². The zero-order chi connectivity index (χ0) is 18.3. The molecule has 9 heteroatoms. The molecule has 1 fully saturated rings. The molecule has 0 saturated carbocycles. The van der Waals surface area contributed by atoms with Crippen LogP contribution in [-0.2, 0) is 19.4 Å². The Morgan fingerprint density at radius 2 is 1.88 bits per heavy atom. The predicted octanol–water partition coefficient (Wildman–Crippen LogP) is 2.87. The number of sulfone groups is 1. The summed E-state index contributed by atoms with van der Waals surface area (Å²) in [6.07, 6.45) is 0.345. The molecule has 2 rings (SSSR count). The van der Waals surface area contributed by atoms with Crippen molar-refractivity contribution >= 4 is 38.9 Å². The van der Waals surface area contributed by atoms with E-state index in [2.05, 4.69) is 0 Å². The number of hydrogen-bond acceptors (Lipinski definition) is 4. The molecule has 5 nitrogen and oxygen atoms in total. The number of benzene rings is 1. The Labute approximate surface area is 150 Å². The van der Waals surface area contributed by atoms with Crippen molar-refractivity contribution in [2.75, 3.05) is 12.9 Å². The van der Waals surface area contributed by atoms with Gasteiger partial charge in [0.2, 0.25) is 0 Å². The van der Waals surface area contributed by atoms with Crippen LogP contribution < -0.4 is 0 Å². The SMILES string of the molecule is CC1(C)OC(c2ccc(S(C)(=O)=O)cc2)C(CF)N1C(=O)C(Cl)Cl. The summed E-state index contributed by atoms with van der Waals surface area (Å²) in [6, 6.07) is 5.04. The molecule has 1 aromatic carbocycles. The highest BCUT2D eigenvalue weighted by Gasteiger charge is 2.51. The van der Waals surface area contributed by atoms with E-state index in [0.29, 0.717) is 5.56 Å². The Morgan fingerprint density at radius 3 is 2.29 bits per heavy atom. The minimum absolute atomic E-state index is 0.148. The van der Waals surface area contributed by atoms with Crippen molar-refractivity contribution in [1.29, 1.82) is 0 Å². The van der Waals surface area contributed by atoms with E-state index in [9.17, 15) is 17.6 Å². The van der Waals surface area contributed by atoms with E-state index in [1.54, 1.807) is 26.0 Å². The van der Waals surface area contributed by atoms with Crippen LogP contribution >= 0.6 is 23.2 Å². The summed E-state index contributed by atoms with van der Waals surface area (Å²) in [5.41, 5.74) is -0.537. The van der Waals surface area contributed by atoms with Crippen molar-refractivity contribution < 1.29 is 22.3 Å². The standard InChI is InChI=1S/C15H18Cl2FNO4S/c1-15(2)19(14(20)13(16)17)11(8-18)12(23-15)9-4-6-10(7-5-9)24(3,21)22/h4-7,11-13H,8H2,1-3H3. The van der Waals surface area contributed by atoms with Gasteiger partial charge in [-0.05, 0) is 31.5 Å². The summed E-state index contributed by atoms with van der Waals surface area (Å²) in [5, 5.41) is 0. The van der Waals surface area contributed by atoms with E-state index in [0.717, 1.165) is 6.26 Å². The molecule has 1 heterocycles. The van der Waals surface area contributed by atoms with Crippen molar-refractivity contribution in [3.63, 3.8) is 0 Å². The molecule has 134 valence electrons. The molecule has 2 unspecified atom stereocenters. The summed E-state index contributed by atoms with van der Waals surface area (Å²) in [5.74, 6) is -0.638. The van der Waals surface area contributed by atoms with Crippen LogP contribution in [0.25, 0.3) is 0 Å². The minimum atomic E-state index is -3.33. The third-order valence-corrected chi connectivity index (χ3v) is 5.40. The number of hydrogen-bond donors (Lipinski definition) is 0. The van der Waals surface area contributed by atoms with Crippen molar-refractivity contribution in [1.82, 2.24) is 4.90 Å². The molecule has 1 aliphatic rings. The van der Waals surface area contributed by atoms with Gasteiger partial charge in [-0.3, -0.25) is 4.79 Å². The third-order valence-electron chi connectivity index (χ3n) is 3.90. The first-order valence-electron chi connectivity index (χ1n) is 7.14. The number of carbonyl (C=O) groups excluding carboxylic acids is 1. The highest BCUT2D eigenvalue weighted by molar-refractivity contribution is 7.90. The molecule has 0 aromatic heterocycles. The molecule has 1 aliphatic heterocycles. The first-order valence-corrected chi connectivity index (χ1v) is 9.90. The topological polar surface area (TPSA) is 63.7 Å². The molecule has 1 saturated heterocycles. The number of carbonyl (C=O) groups is 1. The fraction of sp³-hybridized carbons (Fsp3) is 0.533. The molecule has 0 bridgehead atoms. The van der Waals surface area contributed by atoms with E-state index in [-0.39, 0.29) is 4.90 Å². The molecule has 1 aromatic rings. The Kier molecular flexibility index (Phi) is 5.49. The number of ether oxygens (including phenoxy) is 1. The predicted molar refractivity (Wildman–Crippen MR) is 89.6 cm³/mol. The molecule has 0 N–H and O–H groups in total.